The Morgan fingerprint density at radius 1 is 1.25 bits per heavy atom. The molecular weight excluding hydrogens is 285 g/mol. The Bertz CT molecular complexity index is 654. The number of rotatable bonds is 3. The van der Waals surface area contributed by atoms with Crippen LogP contribution in [0, 0.1) is 12.7 Å². The van der Waals surface area contributed by atoms with Crippen molar-refractivity contribution >= 4 is 34.2 Å². The van der Waals surface area contributed by atoms with Crippen molar-refractivity contribution in [3.63, 3.8) is 0 Å². The van der Waals surface area contributed by atoms with Gasteiger partial charge in [-0.05, 0) is 31.2 Å². The van der Waals surface area contributed by atoms with E-state index in [9.17, 15) is 14.0 Å². The number of hydrogen-bond acceptors (Lipinski definition) is 4. The minimum atomic E-state index is -1.25. The van der Waals surface area contributed by atoms with Crippen LogP contribution < -0.4 is 10.6 Å². The van der Waals surface area contributed by atoms with Crippen molar-refractivity contribution in [3.8, 4) is 0 Å². The second kappa shape index (κ2) is 5.66. The van der Waals surface area contributed by atoms with Crippen LogP contribution in [0.3, 0.4) is 0 Å². The van der Waals surface area contributed by atoms with E-state index in [1.165, 1.54) is 24.3 Å². The molecule has 2 aromatic rings. The highest BCUT2D eigenvalue weighted by Crippen LogP contribution is 2.23. The Morgan fingerprint density at radius 2 is 1.90 bits per heavy atom. The molecule has 3 N–H and O–H groups in total. The minimum absolute atomic E-state index is 0.124. The van der Waals surface area contributed by atoms with Gasteiger partial charge in [-0.25, -0.2) is 14.2 Å². The lowest BCUT2D eigenvalue weighted by Gasteiger charge is -2.03. The van der Waals surface area contributed by atoms with Crippen molar-refractivity contribution in [2.75, 3.05) is 10.6 Å². The molecule has 1 heterocycles. The summed E-state index contributed by atoms with van der Waals surface area (Å²) in [4.78, 5) is 27.0. The van der Waals surface area contributed by atoms with Crippen molar-refractivity contribution in [2.24, 2.45) is 0 Å². The minimum Gasteiger partial charge on any atom is -0.465 e. The van der Waals surface area contributed by atoms with Crippen LogP contribution in [0.15, 0.2) is 24.3 Å². The number of carbonyl (C=O) groups is 2. The number of nitrogens with one attached hydrogen (secondary N) is 2. The molecule has 104 valence electrons. The molecule has 0 spiro atoms. The molecule has 0 aliphatic heterocycles. The maximum absolute atomic E-state index is 12.7. The van der Waals surface area contributed by atoms with Gasteiger partial charge in [0, 0.05) is 10.6 Å². The van der Waals surface area contributed by atoms with Crippen LogP contribution >= 0.6 is 11.3 Å². The van der Waals surface area contributed by atoms with E-state index in [0.29, 0.717) is 10.6 Å². The van der Waals surface area contributed by atoms with E-state index in [2.05, 4.69) is 15.6 Å². The van der Waals surface area contributed by atoms with Gasteiger partial charge < -0.3 is 10.4 Å². The third-order valence-electron chi connectivity index (χ3n) is 2.33. The first-order valence-corrected chi connectivity index (χ1v) is 6.31. The van der Waals surface area contributed by atoms with E-state index in [4.69, 9.17) is 5.11 Å². The predicted molar refractivity (Wildman–Crippen MR) is 72.9 cm³/mol. The topological polar surface area (TPSA) is 91.3 Å². The summed E-state index contributed by atoms with van der Waals surface area (Å²) in [6, 6.07) is 5.29. The molecule has 8 heteroatoms. The molecule has 0 saturated heterocycles. The fourth-order valence-corrected chi connectivity index (χ4v) is 2.28. The lowest BCUT2D eigenvalue weighted by Crippen LogP contribution is -2.14. The molecule has 1 aromatic heterocycles. The maximum Gasteiger partial charge on any atom is 0.410 e. The molecule has 20 heavy (non-hydrogen) atoms. The first-order chi connectivity index (χ1) is 9.45. The van der Waals surface area contributed by atoms with E-state index < -0.39 is 17.8 Å². The van der Waals surface area contributed by atoms with E-state index in [1.807, 2.05) is 0 Å². The van der Waals surface area contributed by atoms with Crippen LogP contribution in [0.4, 0.5) is 20.0 Å². The number of anilines is 2. The molecule has 1 aromatic carbocycles. The first kappa shape index (κ1) is 13.9. The average molecular weight is 295 g/mol. The van der Waals surface area contributed by atoms with E-state index in [-0.39, 0.29) is 10.8 Å². The number of amides is 2. The maximum atomic E-state index is 12.7. The predicted octanol–water partition coefficient (Wildman–Crippen LogP) is 2.93. The van der Waals surface area contributed by atoms with Crippen molar-refractivity contribution in [1.29, 1.82) is 0 Å². The van der Waals surface area contributed by atoms with Crippen molar-refractivity contribution < 1.29 is 19.1 Å². The lowest BCUT2D eigenvalue weighted by atomic mass is 10.3. The normalized spacial score (nSPS) is 10.1. The fraction of sp³-hybridized carbons (Fsp3) is 0.0833. The van der Waals surface area contributed by atoms with Gasteiger partial charge in [-0.15, -0.1) is 11.3 Å². The molecule has 0 fully saturated rings. The molecule has 0 unspecified atom stereocenters. The Kier molecular flexibility index (Phi) is 3.94. The summed E-state index contributed by atoms with van der Waals surface area (Å²) in [5.41, 5.74) is 0.555. The second-order valence-electron chi connectivity index (χ2n) is 3.81. The van der Waals surface area contributed by atoms with Gasteiger partial charge in [0.25, 0.3) is 5.91 Å². The molecule has 2 amide bonds. The Balaban J connectivity index is 2.14. The van der Waals surface area contributed by atoms with Crippen LogP contribution in [-0.4, -0.2) is 22.1 Å². The summed E-state index contributed by atoms with van der Waals surface area (Å²) in [5, 5.41) is 13.4. The highest BCUT2D eigenvalue weighted by Gasteiger charge is 2.16. The van der Waals surface area contributed by atoms with Gasteiger partial charge in [0.2, 0.25) is 0 Å². The zero-order chi connectivity index (χ0) is 14.7. The third kappa shape index (κ3) is 3.29. The summed E-state index contributed by atoms with van der Waals surface area (Å²) < 4.78 is 12.7. The Hall–Kier alpha value is -2.48. The van der Waals surface area contributed by atoms with E-state index in [1.54, 1.807) is 6.92 Å². The van der Waals surface area contributed by atoms with Crippen molar-refractivity contribution in [3.05, 3.63) is 40.7 Å². The average Bonchev–Trinajstić information content (AvgIpc) is 2.72. The Labute approximate surface area is 117 Å². The number of benzene rings is 1. The van der Waals surface area contributed by atoms with Crippen LogP contribution in [0.2, 0.25) is 0 Å². The summed E-state index contributed by atoms with van der Waals surface area (Å²) in [5.74, 6) is -0.885. The first-order valence-electron chi connectivity index (χ1n) is 5.50. The SMILES string of the molecule is Cc1sc(NC(=O)O)nc1C(=O)Nc1ccc(F)cc1. The van der Waals surface area contributed by atoms with E-state index in [0.717, 1.165) is 11.3 Å². The van der Waals surface area contributed by atoms with Crippen molar-refractivity contribution in [1.82, 2.24) is 4.98 Å². The number of carbonyl (C=O) groups excluding carboxylic acids is 1. The van der Waals surface area contributed by atoms with Crippen LogP contribution in [0.25, 0.3) is 0 Å². The quantitative estimate of drug-likeness (QED) is 0.812. The van der Waals surface area contributed by atoms with Gasteiger partial charge in [-0.2, -0.15) is 0 Å². The van der Waals surface area contributed by atoms with Crippen molar-refractivity contribution in [2.45, 2.75) is 6.92 Å². The van der Waals surface area contributed by atoms with Gasteiger partial charge >= 0.3 is 6.09 Å². The monoisotopic (exact) mass is 295 g/mol. The van der Waals surface area contributed by atoms with Crippen LogP contribution in [0.5, 0.6) is 0 Å². The third-order valence-corrected chi connectivity index (χ3v) is 3.21. The molecule has 6 nitrogen and oxygen atoms in total. The summed E-state index contributed by atoms with van der Waals surface area (Å²) >= 11 is 1.06. The number of nitrogens with zero attached hydrogens (tertiary/aromatic N) is 1. The molecule has 0 bridgehead atoms. The molecule has 0 saturated carbocycles. The molecular formula is C12H10FN3O3S. The van der Waals surface area contributed by atoms with Gasteiger partial charge in [-0.1, -0.05) is 0 Å². The highest BCUT2D eigenvalue weighted by atomic mass is 32.1. The molecule has 0 atom stereocenters. The summed E-state index contributed by atoms with van der Waals surface area (Å²) in [6.45, 7) is 1.66. The van der Waals surface area contributed by atoms with Gasteiger partial charge in [0.05, 0.1) is 0 Å². The van der Waals surface area contributed by atoms with Gasteiger partial charge in [-0.3, -0.25) is 10.1 Å². The standard InChI is InChI=1S/C12H10FN3O3S/c1-6-9(15-11(20-6)16-12(18)19)10(17)14-8-4-2-7(13)3-5-8/h2-5H,1H3,(H,14,17)(H,15,16)(H,18,19). The Morgan fingerprint density at radius 3 is 2.50 bits per heavy atom. The smallest absolute Gasteiger partial charge is 0.410 e. The number of aromatic nitrogens is 1. The van der Waals surface area contributed by atoms with Gasteiger partial charge in [0.1, 0.15) is 11.5 Å². The largest absolute Gasteiger partial charge is 0.465 e. The number of carboxylic acid groups (broad SMARTS) is 1. The second-order valence-corrected chi connectivity index (χ2v) is 5.02. The number of halogens is 1. The highest BCUT2D eigenvalue weighted by molar-refractivity contribution is 7.16. The van der Waals surface area contributed by atoms with Crippen LogP contribution in [0.1, 0.15) is 15.4 Å². The number of hydrogen-bond donors (Lipinski definition) is 3. The van der Waals surface area contributed by atoms with E-state index >= 15 is 0 Å². The molecule has 0 aliphatic carbocycles. The lowest BCUT2D eigenvalue weighted by molar-refractivity contribution is 0.102. The molecule has 0 radical (unpaired) electrons. The number of thiazole rings is 1. The summed E-state index contributed by atoms with van der Waals surface area (Å²) in [7, 11) is 0. The van der Waals surface area contributed by atoms with Crippen LogP contribution in [-0.2, 0) is 0 Å². The molecule has 2 rings (SSSR count). The molecule has 0 aliphatic rings. The zero-order valence-corrected chi connectivity index (χ0v) is 11.1. The fourth-order valence-electron chi connectivity index (χ4n) is 1.48. The zero-order valence-electron chi connectivity index (χ0n) is 10.3. The van der Waals surface area contributed by atoms with Gasteiger partial charge in [0.15, 0.2) is 5.13 Å². The number of aryl methyl sites for hydroxylation is 1. The summed E-state index contributed by atoms with van der Waals surface area (Å²) in [6.07, 6.45) is -1.25.